The van der Waals surface area contributed by atoms with Gasteiger partial charge in [-0.2, -0.15) is 0 Å². The minimum absolute atomic E-state index is 0.183. The van der Waals surface area contributed by atoms with Crippen molar-refractivity contribution in [3.05, 3.63) is 121 Å². The number of hydrogen-bond acceptors (Lipinski definition) is 6. The summed E-state index contributed by atoms with van der Waals surface area (Å²) in [4.78, 5) is 39.8. The molecular formula is C33H24Cl4N2O6. The van der Waals surface area contributed by atoms with E-state index in [1.54, 1.807) is 66.7 Å². The molecule has 1 fully saturated rings. The van der Waals surface area contributed by atoms with Crippen molar-refractivity contribution in [2.24, 2.45) is 0 Å². The van der Waals surface area contributed by atoms with Crippen LogP contribution in [0, 0.1) is 0 Å². The number of barbiturate groups is 1. The van der Waals surface area contributed by atoms with Crippen molar-refractivity contribution in [3.63, 3.8) is 0 Å². The number of anilines is 1. The third kappa shape index (κ3) is 7.72. The maximum atomic E-state index is 13.4. The van der Waals surface area contributed by atoms with Gasteiger partial charge in [0.15, 0.2) is 11.5 Å². The smallest absolute Gasteiger partial charge is 0.335 e. The van der Waals surface area contributed by atoms with Gasteiger partial charge in [0.05, 0.1) is 22.3 Å². The number of imide groups is 2. The summed E-state index contributed by atoms with van der Waals surface area (Å²) < 4.78 is 17.5. The van der Waals surface area contributed by atoms with E-state index in [1.165, 1.54) is 18.2 Å². The summed E-state index contributed by atoms with van der Waals surface area (Å²) in [6.07, 6.45) is 1.38. The monoisotopic (exact) mass is 684 g/mol. The highest BCUT2D eigenvalue weighted by Gasteiger charge is 2.36. The van der Waals surface area contributed by atoms with Crippen LogP contribution in [0.15, 0.2) is 84.4 Å². The van der Waals surface area contributed by atoms with E-state index < -0.39 is 17.8 Å². The highest BCUT2D eigenvalue weighted by Crippen LogP contribution is 2.32. The molecule has 0 saturated carbocycles. The Kier molecular flexibility index (Phi) is 10.2. The van der Waals surface area contributed by atoms with Gasteiger partial charge in [0.25, 0.3) is 11.8 Å². The number of nitrogens with zero attached hydrogens (tertiary/aromatic N) is 1. The van der Waals surface area contributed by atoms with Gasteiger partial charge in [-0.1, -0.05) is 64.6 Å². The van der Waals surface area contributed by atoms with Crippen LogP contribution in [0.25, 0.3) is 6.08 Å². The summed E-state index contributed by atoms with van der Waals surface area (Å²) in [6, 6.07) is 20.7. The molecule has 0 atom stereocenters. The summed E-state index contributed by atoms with van der Waals surface area (Å²) in [7, 11) is 0. The summed E-state index contributed by atoms with van der Waals surface area (Å²) >= 11 is 24.3. The minimum atomic E-state index is -0.871. The molecule has 1 aliphatic heterocycles. The molecule has 5 rings (SSSR count). The highest BCUT2D eigenvalue weighted by molar-refractivity contribution is 6.42. The maximum absolute atomic E-state index is 13.4. The number of ether oxygens (including phenoxy) is 3. The first-order valence-corrected chi connectivity index (χ1v) is 15.1. The summed E-state index contributed by atoms with van der Waals surface area (Å²) in [6.45, 7) is 2.55. The molecule has 1 aliphatic rings. The van der Waals surface area contributed by atoms with Gasteiger partial charge in [-0.3, -0.25) is 14.9 Å². The number of rotatable bonds is 10. The quantitative estimate of drug-likeness (QED) is 0.133. The van der Waals surface area contributed by atoms with Crippen LogP contribution in [0.3, 0.4) is 0 Å². The largest absolute Gasteiger partial charge is 0.490 e. The SMILES string of the molecule is CCOc1cc(/C=C2\C(=O)NC(=O)N(c3ccc(OCc4ccc(Cl)cc4Cl)cc3)C2=O)ccc1OCc1ccc(Cl)c(Cl)c1. The van der Waals surface area contributed by atoms with Crippen molar-refractivity contribution < 1.29 is 28.6 Å². The topological polar surface area (TPSA) is 94.2 Å². The van der Waals surface area contributed by atoms with E-state index >= 15 is 0 Å². The summed E-state index contributed by atoms with van der Waals surface area (Å²) in [5.41, 5.74) is 2.03. The lowest BCUT2D eigenvalue weighted by Crippen LogP contribution is -2.54. The van der Waals surface area contributed by atoms with Gasteiger partial charge in [0.1, 0.15) is 24.5 Å². The number of amides is 4. The van der Waals surface area contributed by atoms with Gasteiger partial charge in [-0.25, -0.2) is 9.69 Å². The van der Waals surface area contributed by atoms with Crippen molar-refractivity contribution in [3.8, 4) is 17.2 Å². The molecule has 1 N–H and O–H groups in total. The molecule has 0 spiro atoms. The number of nitrogens with one attached hydrogen (secondary N) is 1. The molecule has 0 radical (unpaired) electrons. The van der Waals surface area contributed by atoms with Gasteiger partial charge in [0.2, 0.25) is 0 Å². The molecule has 12 heteroatoms. The van der Waals surface area contributed by atoms with Crippen LogP contribution >= 0.6 is 46.4 Å². The van der Waals surface area contributed by atoms with E-state index in [1.807, 2.05) is 6.92 Å². The third-order valence-corrected chi connectivity index (χ3v) is 7.89. The Bertz CT molecular complexity index is 1810. The molecule has 230 valence electrons. The summed E-state index contributed by atoms with van der Waals surface area (Å²) in [5.74, 6) is -0.283. The van der Waals surface area contributed by atoms with Crippen LogP contribution < -0.4 is 24.4 Å². The Morgan fingerprint density at radius 2 is 1.51 bits per heavy atom. The standard InChI is InChI=1S/C33H24Cl4N2O6/c1-2-43-30-15-19(4-12-29(30)45-17-20-3-11-26(35)28(37)14-20)13-25-31(40)38-33(42)39(32(25)41)23-7-9-24(10-8-23)44-18-21-5-6-22(34)16-27(21)36/h3-16H,2,17-18H2,1H3,(H,38,40,42)/b25-13+. The van der Waals surface area contributed by atoms with Gasteiger partial charge >= 0.3 is 6.03 Å². The molecule has 4 aromatic rings. The van der Waals surface area contributed by atoms with Crippen molar-refractivity contribution >= 4 is 76.0 Å². The number of hydrogen-bond donors (Lipinski definition) is 1. The second-order valence-electron chi connectivity index (χ2n) is 9.65. The molecule has 0 aromatic heterocycles. The molecule has 1 saturated heterocycles. The number of carbonyl (C=O) groups excluding carboxylic acids is 3. The fourth-order valence-corrected chi connectivity index (χ4v) is 5.13. The van der Waals surface area contributed by atoms with Crippen LogP contribution in [0.4, 0.5) is 10.5 Å². The fraction of sp³-hybridized carbons (Fsp3) is 0.121. The van der Waals surface area contributed by atoms with Gasteiger partial charge in [-0.15, -0.1) is 0 Å². The first kappa shape index (κ1) is 32.2. The zero-order valence-corrected chi connectivity index (χ0v) is 26.6. The van der Waals surface area contributed by atoms with Crippen molar-refractivity contribution in [1.29, 1.82) is 0 Å². The van der Waals surface area contributed by atoms with Crippen LogP contribution in [-0.4, -0.2) is 24.5 Å². The number of urea groups is 1. The van der Waals surface area contributed by atoms with Crippen LogP contribution in [0.5, 0.6) is 17.2 Å². The van der Waals surface area contributed by atoms with E-state index in [0.717, 1.165) is 16.0 Å². The van der Waals surface area contributed by atoms with E-state index in [9.17, 15) is 14.4 Å². The molecule has 0 bridgehead atoms. The first-order valence-electron chi connectivity index (χ1n) is 13.5. The Labute approximate surface area is 279 Å². The number of halogens is 4. The van der Waals surface area contributed by atoms with E-state index in [0.29, 0.717) is 49.5 Å². The molecule has 1 heterocycles. The molecular weight excluding hydrogens is 662 g/mol. The molecule has 0 aliphatic carbocycles. The predicted molar refractivity (Wildman–Crippen MR) is 175 cm³/mol. The predicted octanol–water partition coefficient (Wildman–Crippen LogP) is 8.52. The Hall–Kier alpha value is -4.21. The number of carbonyl (C=O) groups is 3. The Morgan fingerprint density at radius 3 is 2.22 bits per heavy atom. The zero-order valence-electron chi connectivity index (χ0n) is 23.6. The zero-order chi connectivity index (χ0) is 32.1. The molecule has 4 aromatic carbocycles. The molecule has 45 heavy (non-hydrogen) atoms. The lowest BCUT2D eigenvalue weighted by Gasteiger charge is -2.26. The van der Waals surface area contributed by atoms with Gasteiger partial charge in [-0.05, 0) is 84.8 Å². The third-order valence-electron chi connectivity index (χ3n) is 6.56. The normalized spacial score (nSPS) is 14.0. The second kappa shape index (κ2) is 14.3. The maximum Gasteiger partial charge on any atom is 0.335 e. The van der Waals surface area contributed by atoms with Crippen molar-refractivity contribution in [1.82, 2.24) is 5.32 Å². The summed E-state index contributed by atoms with van der Waals surface area (Å²) in [5, 5.41) is 4.06. The Balaban J connectivity index is 1.32. The van der Waals surface area contributed by atoms with Gasteiger partial charge in [0, 0.05) is 15.6 Å². The molecule has 0 unspecified atom stereocenters. The highest BCUT2D eigenvalue weighted by atomic mass is 35.5. The lowest BCUT2D eigenvalue weighted by atomic mass is 10.1. The average Bonchev–Trinajstić information content (AvgIpc) is 3.01. The van der Waals surface area contributed by atoms with E-state index in [2.05, 4.69) is 5.32 Å². The first-order chi connectivity index (χ1) is 21.6. The molecule has 4 amide bonds. The van der Waals surface area contributed by atoms with Crippen LogP contribution in [0.1, 0.15) is 23.6 Å². The van der Waals surface area contributed by atoms with Gasteiger partial charge < -0.3 is 14.2 Å². The number of benzene rings is 4. The van der Waals surface area contributed by atoms with Crippen molar-refractivity contribution in [2.45, 2.75) is 20.1 Å². The lowest BCUT2D eigenvalue weighted by molar-refractivity contribution is -0.122. The second-order valence-corrected chi connectivity index (χ2v) is 11.3. The van der Waals surface area contributed by atoms with E-state index in [-0.39, 0.29) is 24.5 Å². The molecule has 8 nitrogen and oxygen atoms in total. The van der Waals surface area contributed by atoms with Crippen LogP contribution in [0.2, 0.25) is 20.1 Å². The minimum Gasteiger partial charge on any atom is -0.490 e. The fourth-order valence-electron chi connectivity index (χ4n) is 4.34. The van der Waals surface area contributed by atoms with Crippen molar-refractivity contribution in [2.75, 3.05) is 11.5 Å². The Morgan fingerprint density at radius 1 is 0.733 bits per heavy atom. The van der Waals surface area contributed by atoms with E-state index in [4.69, 9.17) is 60.6 Å². The van der Waals surface area contributed by atoms with Crippen LogP contribution in [-0.2, 0) is 22.8 Å². The average molecular weight is 686 g/mol.